The molecule has 0 saturated carbocycles. The molecule has 1 aliphatic heterocycles. The number of nitrogens with one attached hydrogen (secondary N) is 1. The Bertz CT molecular complexity index is 853. The van der Waals surface area contributed by atoms with E-state index in [0.29, 0.717) is 24.2 Å². The van der Waals surface area contributed by atoms with Crippen LogP contribution in [0.15, 0.2) is 59.7 Å². The summed E-state index contributed by atoms with van der Waals surface area (Å²) in [6.07, 6.45) is 0.344. The highest BCUT2D eigenvalue weighted by Crippen LogP contribution is 2.17. The summed E-state index contributed by atoms with van der Waals surface area (Å²) in [7, 11) is 0. The Labute approximate surface area is 175 Å². The minimum absolute atomic E-state index is 0.0537. The summed E-state index contributed by atoms with van der Waals surface area (Å²) in [4.78, 5) is 16.7. The molecule has 1 amide bonds. The predicted molar refractivity (Wildman–Crippen MR) is 113 cm³/mol. The highest BCUT2D eigenvalue weighted by Gasteiger charge is 2.17. The lowest BCUT2D eigenvalue weighted by atomic mass is 10.1. The van der Waals surface area contributed by atoms with E-state index in [4.69, 9.17) is 0 Å². The molecule has 160 valence electrons. The van der Waals surface area contributed by atoms with Gasteiger partial charge in [0.15, 0.2) is 0 Å². The number of amides is 1. The first-order valence-corrected chi connectivity index (χ1v) is 9.92. The number of hydrogen-bond donors (Lipinski definition) is 1. The second kappa shape index (κ2) is 10.7. The Morgan fingerprint density at radius 2 is 1.83 bits per heavy atom. The molecule has 0 spiro atoms. The van der Waals surface area contributed by atoms with Crippen molar-refractivity contribution in [2.24, 2.45) is 5.10 Å². The van der Waals surface area contributed by atoms with Crippen molar-refractivity contribution in [3.8, 4) is 5.75 Å². The van der Waals surface area contributed by atoms with Gasteiger partial charge in [0.2, 0.25) is 5.91 Å². The molecule has 0 unspecified atom stereocenters. The number of piperazine rings is 1. The van der Waals surface area contributed by atoms with Gasteiger partial charge in [0.05, 0.1) is 5.71 Å². The van der Waals surface area contributed by atoms with Crippen LogP contribution in [-0.4, -0.2) is 55.9 Å². The van der Waals surface area contributed by atoms with Crippen LogP contribution in [0.2, 0.25) is 0 Å². The average Bonchev–Trinajstić information content (AvgIpc) is 2.76. The number of hydrogen-bond acceptors (Lipinski definition) is 5. The SMILES string of the molecule is C/C(=N/NC(=O)CCN1CCN(c2ccccc2)CC1)c1cccc(OC(F)F)c1. The van der Waals surface area contributed by atoms with Crippen LogP contribution in [0.4, 0.5) is 14.5 Å². The largest absolute Gasteiger partial charge is 0.435 e. The fraction of sp³-hybridized carbons (Fsp3) is 0.364. The van der Waals surface area contributed by atoms with Gasteiger partial charge >= 0.3 is 6.61 Å². The molecule has 6 nitrogen and oxygen atoms in total. The van der Waals surface area contributed by atoms with Crippen LogP contribution in [0.25, 0.3) is 0 Å². The molecule has 0 aliphatic carbocycles. The van der Waals surface area contributed by atoms with Gasteiger partial charge in [0.1, 0.15) is 5.75 Å². The van der Waals surface area contributed by atoms with Gasteiger partial charge in [-0.3, -0.25) is 9.69 Å². The zero-order chi connectivity index (χ0) is 21.3. The summed E-state index contributed by atoms with van der Waals surface area (Å²) in [6, 6.07) is 16.5. The first-order chi connectivity index (χ1) is 14.5. The number of rotatable bonds is 8. The molecular weight excluding hydrogens is 390 g/mol. The maximum atomic E-state index is 12.3. The van der Waals surface area contributed by atoms with Crippen molar-refractivity contribution in [1.82, 2.24) is 10.3 Å². The third-order valence-corrected chi connectivity index (χ3v) is 4.97. The van der Waals surface area contributed by atoms with E-state index in [1.54, 1.807) is 19.1 Å². The molecular formula is C22H26F2N4O2. The Balaban J connectivity index is 1.42. The van der Waals surface area contributed by atoms with Crippen molar-refractivity contribution >= 4 is 17.3 Å². The highest BCUT2D eigenvalue weighted by molar-refractivity contribution is 5.99. The second-order valence-electron chi connectivity index (χ2n) is 7.05. The van der Waals surface area contributed by atoms with E-state index in [9.17, 15) is 13.6 Å². The van der Waals surface area contributed by atoms with Gasteiger partial charge < -0.3 is 9.64 Å². The van der Waals surface area contributed by atoms with Gasteiger partial charge in [0, 0.05) is 50.4 Å². The topological polar surface area (TPSA) is 57.2 Å². The molecule has 30 heavy (non-hydrogen) atoms. The van der Waals surface area contributed by atoms with Crippen LogP contribution in [-0.2, 0) is 4.79 Å². The maximum Gasteiger partial charge on any atom is 0.387 e. The Hall–Kier alpha value is -3.00. The van der Waals surface area contributed by atoms with Crippen molar-refractivity contribution in [1.29, 1.82) is 0 Å². The van der Waals surface area contributed by atoms with Gasteiger partial charge in [-0.15, -0.1) is 0 Å². The third-order valence-electron chi connectivity index (χ3n) is 4.97. The summed E-state index contributed by atoms with van der Waals surface area (Å²) in [5, 5.41) is 4.08. The number of anilines is 1. The predicted octanol–water partition coefficient (Wildman–Crippen LogP) is 3.34. The number of halogens is 2. The summed E-state index contributed by atoms with van der Waals surface area (Å²) in [5.41, 5.74) is 4.88. The van der Waals surface area contributed by atoms with Crippen LogP contribution in [0, 0.1) is 0 Å². The standard InChI is InChI=1S/C22H26F2N4O2/c1-17(18-6-5-9-20(16-18)30-22(23)24)25-26-21(29)10-11-27-12-14-28(15-13-27)19-7-3-2-4-8-19/h2-9,16,22H,10-15H2,1H3,(H,26,29)/b25-17-. The van der Waals surface area contributed by atoms with Crippen molar-refractivity contribution in [2.75, 3.05) is 37.6 Å². The quantitative estimate of drug-likeness (QED) is 0.530. The zero-order valence-corrected chi connectivity index (χ0v) is 16.9. The first kappa shape index (κ1) is 21.7. The fourth-order valence-electron chi connectivity index (χ4n) is 3.29. The molecule has 3 rings (SSSR count). The van der Waals surface area contributed by atoms with Crippen molar-refractivity contribution < 1.29 is 18.3 Å². The number of ether oxygens (including phenoxy) is 1. The normalized spacial score (nSPS) is 15.3. The van der Waals surface area contributed by atoms with E-state index in [-0.39, 0.29) is 11.7 Å². The molecule has 0 bridgehead atoms. The maximum absolute atomic E-state index is 12.3. The van der Waals surface area contributed by atoms with Gasteiger partial charge in [-0.1, -0.05) is 30.3 Å². The van der Waals surface area contributed by atoms with Crippen LogP contribution < -0.4 is 15.1 Å². The second-order valence-corrected chi connectivity index (χ2v) is 7.05. The monoisotopic (exact) mass is 416 g/mol. The Morgan fingerprint density at radius 3 is 2.53 bits per heavy atom. The van der Waals surface area contributed by atoms with Crippen LogP contribution in [0.1, 0.15) is 18.9 Å². The Morgan fingerprint density at radius 1 is 1.10 bits per heavy atom. The summed E-state index contributed by atoms with van der Waals surface area (Å²) in [5.74, 6) is -0.127. The van der Waals surface area contributed by atoms with E-state index in [1.165, 1.54) is 17.8 Å². The fourth-order valence-corrected chi connectivity index (χ4v) is 3.29. The van der Waals surface area contributed by atoms with Gasteiger partial charge in [-0.2, -0.15) is 13.9 Å². The zero-order valence-electron chi connectivity index (χ0n) is 16.9. The molecule has 2 aromatic rings. The Kier molecular flexibility index (Phi) is 7.73. The lowest BCUT2D eigenvalue weighted by Crippen LogP contribution is -2.47. The lowest BCUT2D eigenvalue weighted by Gasteiger charge is -2.36. The number of nitrogens with zero attached hydrogens (tertiary/aromatic N) is 3. The van der Waals surface area contributed by atoms with Crippen molar-refractivity contribution in [3.63, 3.8) is 0 Å². The van der Waals surface area contributed by atoms with Crippen molar-refractivity contribution in [2.45, 2.75) is 20.0 Å². The average molecular weight is 416 g/mol. The lowest BCUT2D eigenvalue weighted by molar-refractivity contribution is -0.121. The molecule has 8 heteroatoms. The summed E-state index contributed by atoms with van der Waals surface area (Å²) in [6.45, 7) is 3.15. The number of hydrazone groups is 1. The summed E-state index contributed by atoms with van der Waals surface area (Å²) >= 11 is 0. The van der Waals surface area contributed by atoms with E-state index < -0.39 is 6.61 Å². The smallest absolute Gasteiger partial charge is 0.387 e. The first-order valence-electron chi connectivity index (χ1n) is 9.92. The molecule has 1 aliphatic rings. The van der Waals surface area contributed by atoms with Gasteiger partial charge in [-0.05, 0) is 31.2 Å². The number of carbonyl (C=O) groups is 1. The van der Waals surface area contributed by atoms with Crippen LogP contribution >= 0.6 is 0 Å². The molecule has 0 atom stereocenters. The number of carbonyl (C=O) groups excluding carboxylic acids is 1. The van der Waals surface area contributed by atoms with E-state index >= 15 is 0 Å². The third kappa shape index (κ3) is 6.52. The minimum atomic E-state index is -2.88. The number of alkyl halides is 2. The number of para-hydroxylation sites is 1. The molecule has 2 aromatic carbocycles. The van der Waals surface area contributed by atoms with Crippen LogP contribution in [0.5, 0.6) is 5.75 Å². The number of benzene rings is 2. The highest BCUT2D eigenvalue weighted by atomic mass is 19.3. The van der Waals surface area contributed by atoms with E-state index in [0.717, 1.165) is 26.2 Å². The van der Waals surface area contributed by atoms with Crippen molar-refractivity contribution in [3.05, 3.63) is 60.2 Å². The van der Waals surface area contributed by atoms with Gasteiger partial charge in [0.25, 0.3) is 0 Å². The van der Waals surface area contributed by atoms with Crippen LogP contribution in [0.3, 0.4) is 0 Å². The minimum Gasteiger partial charge on any atom is -0.435 e. The van der Waals surface area contributed by atoms with E-state index in [2.05, 4.69) is 37.2 Å². The molecule has 0 radical (unpaired) electrons. The molecule has 1 heterocycles. The summed E-state index contributed by atoms with van der Waals surface area (Å²) < 4.78 is 29.1. The molecule has 1 fully saturated rings. The van der Waals surface area contributed by atoms with Gasteiger partial charge in [-0.25, -0.2) is 5.43 Å². The van der Waals surface area contributed by atoms with E-state index in [1.807, 2.05) is 18.2 Å². The molecule has 0 aromatic heterocycles. The molecule has 1 saturated heterocycles. The molecule has 1 N–H and O–H groups in total.